The van der Waals surface area contributed by atoms with E-state index in [1.807, 2.05) is 0 Å². The molecule has 1 aromatic carbocycles. The number of Topliss-reactive ketones (excluding diaryl/α,β-unsaturated/α-hetero) is 1. The number of aliphatic hydroxyl groups excluding tert-OH is 4. The van der Waals surface area contributed by atoms with Gasteiger partial charge in [-0.2, -0.15) is 0 Å². The third-order valence-electron chi connectivity index (χ3n) is 3.65. The number of ketones is 1. The van der Waals surface area contributed by atoms with E-state index in [1.165, 1.54) is 0 Å². The standard InChI is InChI=1S/C14H18O10/c1-4(16)8-5(17)2-6(18)9(19)13(8)24-14-12(22)11(21)10(20)7(3-15)23-14/h2,7,10-12,14-15,17-22H,3H2,1H3/t7-,10-,11+,12-,14+/m0/s1. The predicted octanol–water partition coefficient (Wildman–Crippen LogP) is -1.82. The summed E-state index contributed by atoms with van der Waals surface area (Å²) in [7, 11) is 0. The van der Waals surface area contributed by atoms with Crippen LogP contribution in [-0.2, 0) is 4.74 Å². The van der Waals surface area contributed by atoms with Crippen LogP contribution in [-0.4, -0.2) is 78.8 Å². The van der Waals surface area contributed by atoms with Crippen LogP contribution in [0.5, 0.6) is 23.0 Å². The molecular weight excluding hydrogens is 328 g/mol. The van der Waals surface area contributed by atoms with Crippen molar-refractivity contribution in [1.82, 2.24) is 0 Å². The second-order valence-electron chi connectivity index (χ2n) is 5.34. The van der Waals surface area contributed by atoms with Crippen LogP contribution in [0.3, 0.4) is 0 Å². The molecule has 1 heterocycles. The van der Waals surface area contributed by atoms with Crippen LogP contribution < -0.4 is 4.74 Å². The van der Waals surface area contributed by atoms with Crippen molar-refractivity contribution in [1.29, 1.82) is 0 Å². The normalized spacial score (nSPS) is 30.1. The molecule has 0 aromatic heterocycles. The van der Waals surface area contributed by atoms with E-state index < -0.39 is 71.7 Å². The summed E-state index contributed by atoms with van der Waals surface area (Å²) in [6, 6.07) is 0.728. The summed E-state index contributed by atoms with van der Waals surface area (Å²) in [6.45, 7) is 0.354. The van der Waals surface area contributed by atoms with E-state index in [0.717, 1.165) is 13.0 Å². The van der Waals surface area contributed by atoms with E-state index in [1.54, 1.807) is 0 Å². The molecule has 134 valence electrons. The first-order chi connectivity index (χ1) is 11.2. The summed E-state index contributed by atoms with van der Waals surface area (Å²) in [6.07, 6.45) is -8.14. The quantitative estimate of drug-likeness (QED) is 0.187. The highest BCUT2D eigenvalue weighted by atomic mass is 16.7. The second-order valence-corrected chi connectivity index (χ2v) is 5.34. The Bertz CT molecular complexity index is 628. The van der Waals surface area contributed by atoms with E-state index in [2.05, 4.69) is 0 Å². The Morgan fingerprint density at radius 2 is 1.75 bits per heavy atom. The Morgan fingerprint density at radius 1 is 1.12 bits per heavy atom. The molecule has 1 fully saturated rings. The number of phenolic OH excluding ortho intramolecular Hbond substituents is 3. The lowest BCUT2D eigenvalue weighted by Crippen LogP contribution is -2.60. The Balaban J connectivity index is 2.41. The number of ether oxygens (including phenoxy) is 2. The predicted molar refractivity (Wildman–Crippen MR) is 75.8 cm³/mol. The maximum atomic E-state index is 11.6. The average Bonchev–Trinajstić information content (AvgIpc) is 2.52. The molecule has 0 amide bonds. The van der Waals surface area contributed by atoms with E-state index in [4.69, 9.17) is 14.6 Å². The number of aliphatic hydroxyl groups is 4. The average molecular weight is 346 g/mol. The van der Waals surface area contributed by atoms with Crippen LogP contribution in [0.15, 0.2) is 6.07 Å². The highest BCUT2D eigenvalue weighted by Crippen LogP contribution is 2.44. The van der Waals surface area contributed by atoms with Gasteiger partial charge in [0.1, 0.15) is 35.7 Å². The molecule has 0 spiro atoms. The van der Waals surface area contributed by atoms with Gasteiger partial charge in [-0.1, -0.05) is 0 Å². The summed E-state index contributed by atoms with van der Waals surface area (Å²) in [4.78, 5) is 11.6. The zero-order valence-electron chi connectivity index (χ0n) is 12.5. The van der Waals surface area contributed by atoms with Crippen molar-refractivity contribution in [2.75, 3.05) is 6.61 Å². The van der Waals surface area contributed by atoms with Gasteiger partial charge in [0, 0.05) is 6.07 Å². The topological polar surface area (TPSA) is 177 Å². The molecule has 0 unspecified atom stereocenters. The van der Waals surface area contributed by atoms with Gasteiger partial charge in [-0.05, 0) is 6.92 Å². The van der Waals surface area contributed by atoms with Gasteiger partial charge in [0.15, 0.2) is 17.3 Å². The highest BCUT2D eigenvalue weighted by Gasteiger charge is 2.45. The lowest BCUT2D eigenvalue weighted by molar-refractivity contribution is -0.277. The number of carbonyl (C=O) groups is 1. The van der Waals surface area contributed by atoms with Crippen molar-refractivity contribution in [3.8, 4) is 23.0 Å². The minimum atomic E-state index is -1.80. The van der Waals surface area contributed by atoms with Crippen LogP contribution in [0.4, 0.5) is 0 Å². The van der Waals surface area contributed by atoms with E-state index in [-0.39, 0.29) is 0 Å². The minimum absolute atomic E-state index is 0.484. The van der Waals surface area contributed by atoms with Gasteiger partial charge >= 0.3 is 0 Å². The van der Waals surface area contributed by atoms with E-state index in [9.17, 15) is 35.4 Å². The third-order valence-corrected chi connectivity index (χ3v) is 3.65. The largest absolute Gasteiger partial charge is 0.507 e. The first kappa shape index (κ1) is 18.2. The maximum Gasteiger partial charge on any atom is 0.229 e. The Morgan fingerprint density at radius 3 is 2.29 bits per heavy atom. The Labute approximate surface area is 135 Å². The molecule has 24 heavy (non-hydrogen) atoms. The molecule has 2 rings (SSSR count). The first-order valence-corrected chi connectivity index (χ1v) is 6.95. The number of benzene rings is 1. The van der Waals surface area contributed by atoms with Crippen LogP contribution >= 0.6 is 0 Å². The lowest BCUT2D eigenvalue weighted by atomic mass is 9.99. The van der Waals surface area contributed by atoms with E-state index in [0.29, 0.717) is 0 Å². The summed E-state index contributed by atoms with van der Waals surface area (Å²) in [5.41, 5.74) is -0.484. The summed E-state index contributed by atoms with van der Waals surface area (Å²) < 4.78 is 10.2. The van der Waals surface area contributed by atoms with Crippen LogP contribution in [0.2, 0.25) is 0 Å². The molecule has 5 atom stereocenters. The molecule has 1 saturated heterocycles. The molecule has 0 radical (unpaired) electrons. The summed E-state index contributed by atoms with van der Waals surface area (Å²) >= 11 is 0. The maximum absolute atomic E-state index is 11.6. The number of aromatic hydroxyl groups is 3. The molecule has 1 aliphatic heterocycles. The van der Waals surface area contributed by atoms with Crippen molar-refractivity contribution in [2.24, 2.45) is 0 Å². The fourth-order valence-corrected chi connectivity index (χ4v) is 2.36. The van der Waals surface area contributed by atoms with Gasteiger partial charge in [0.25, 0.3) is 0 Å². The molecular formula is C14H18O10. The van der Waals surface area contributed by atoms with Crippen LogP contribution in [0.1, 0.15) is 17.3 Å². The number of rotatable bonds is 4. The Kier molecular flexibility index (Phi) is 5.16. The molecule has 0 bridgehead atoms. The van der Waals surface area contributed by atoms with Crippen molar-refractivity contribution >= 4 is 5.78 Å². The molecule has 1 aliphatic rings. The van der Waals surface area contributed by atoms with Crippen molar-refractivity contribution in [3.05, 3.63) is 11.6 Å². The van der Waals surface area contributed by atoms with Crippen LogP contribution in [0, 0.1) is 0 Å². The smallest absolute Gasteiger partial charge is 0.229 e. The van der Waals surface area contributed by atoms with Gasteiger partial charge in [-0.3, -0.25) is 4.79 Å². The van der Waals surface area contributed by atoms with Gasteiger partial charge in [0.05, 0.1) is 6.61 Å². The fraction of sp³-hybridized carbons (Fsp3) is 0.500. The zero-order chi connectivity index (χ0) is 18.2. The van der Waals surface area contributed by atoms with Crippen molar-refractivity contribution < 1.29 is 50.0 Å². The molecule has 10 nitrogen and oxygen atoms in total. The van der Waals surface area contributed by atoms with Crippen molar-refractivity contribution in [3.63, 3.8) is 0 Å². The van der Waals surface area contributed by atoms with Crippen LogP contribution in [0.25, 0.3) is 0 Å². The minimum Gasteiger partial charge on any atom is -0.507 e. The van der Waals surface area contributed by atoms with Gasteiger partial charge in [-0.15, -0.1) is 0 Å². The summed E-state index contributed by atoms with van der Waals surface area (Å²) in [5.74, 6) is -3.77. The fourth-order valence-electron chi connectivity index (χ4n) is 2.36. The number of hydrogen-bond donors (Lipinski definition) is 7. The first-order valence-electron chi connectivity index (χ1n) is 6.95. The van der Waals surface area contributed by atoms with Crippen molar-refractivity contribution in [2.45, 2.75) is 37.6 Å². The monoisotopic (exact) mass is 346 g/mol. The summed E-state index contributed by atoms with van der Waals surface area (Å²) in [5, 5.41) is 67.6. The lowest BCUT2D eigenvalue weighted by Gasteiger charge is -2.39. The number of phenols is 3. The molecule has 10 heteroatoms. The van der Waals surface area contributed by atoms with Gasteiger partial charge < -0.3 is 45.2 Å². The Hall–Kier alpha value is -2.11. The van der Waals surface area contributed by atoms with Gasteiger partial charge in [-0.25, -0.2) is 0 Å². The molecule has 0 aliphatic carbocycles. The SMILES string of the molecule is CC(=O)c1c(O)cc(O)c(O)c1O[C@H]1O[C@@H](CO)[C@H](O)[C@@H](O)[C@@H]1O. The third kappa shape index (κ3) is 3.09. The number of carbonyl (C=O) groups excluding carboxylic acids is 1. The molecule has 1 aromatic rings. The van der Waals surface area contributed by atoms with E-state index >= 15 is 0 Å². The number of hydrogen-bond acceptors (Lipinski definition) is 10. The van der Waals surface area contributed by atoms with Gasteiger partial charge in [0.2, 0.25) is 12.0 Å². The second kappa shape index (κ2) is 6.79. The zero-order valence-corrected chi connectivity index (χ0v) is 12.5. The highest BCUT2D eigenvalue weighted by molar-refractivity contribution is 6.00. The molecule has 0 saturated carbocycles. The molecule has 7 N–H and O–H groups in total.